The van der Waals surface area contributed by atoms with Crippen LogP contribution in [0, 0.1) is 0 Å². The predicted octanol–water partition coefficient (Wildman–Crippen LogP) is 4.77. The second-order valence-electron chi connectivity index (χ2n) is 9.87. The number of nitrogens with zero attached hydrogens (tertiary/aromatic N) is 4. The number of fused-ring (bicyclic) bond motifs is 1. The highest BCUT2D eigenvalue weighted by atomic mass is 16.5. The Morgan fingerprint density at radius 1 is 1.03 bits per heavy atom. The lowest BCUT2D eigenvalue weighted by Gasteiger charge is -2.32. The number of piperidine rings is 1. The van der Waals surface area contributed by atoms with E-state index in [0.717, 1.165) is 54.1 Å². The molecule has 4 aromatic rings. The van der Waals surface area contributed by atoms with Crippen molar-refractivity contribution in [3.63, 3.8) is 0 Å². The van der Waals surface area contributed by atoms with Gasteiger partial charge in [-0.2, -0.15) is 0 Å². The number of methoxy groups -OCH3 is 1. The lowest BCUT2D eigenvalue weighted by atomic mass is 9.89. The maximum Gasteiger partial charge on any atom is 0.255 e. The summed E-state index contributed by atoms with van der Waals surface area (Å²) in [4.78, 5) is 34.0. The van der Waals surface area contributed by atoms with Gasteiger partial charge in [0.15, 0.2) is 0 Å². The van der Waals surface area contributed by atoms with Crippen LogP contribution in [0.15, 0.2) is 73.1 Å². The fourth-order valence-electron chi connectivity index (χ4n) is 5.07. The van der Waals surface area contributed by atoms with Gasteiger partial charge in [-0.15, -0.1) is 0 Å². The van der Waals surface area contributed by atoms with Crippen LogP contribution < -0.4 is 15.0 Å². The molecule has 3 aromatic carbocycles. The minimum Gasteiger partial charge on any atom is -0.495 e. The summed E-state index contributed by atoms with van der Waals surface area (Å²) in [5.41, 5.74) is 5.28. The molecule has 0 spiro atoms. The van der Waals surface area contributed by atoms with Crippen molar-refractivity contribution < 1.29 is 14.3 Å². The number of ether oxygens (including phenoxy) is 1. The maximum absolute atomic E-state index is 12.9. The first-order valence-corrected chi connectivity index (χ1v) is 12.9. The van der Waals surface area contributed by atoms with Crippen LogP contribution in [0.1, 0.15) is 34.7 Å². The molecule has 0 aliphatic carbocycles. The molecule has 0 bridgehead atoms. The van der Waals surface area contributed by atoms with Gasteiger partial charge in [-0.3, -0.25) is 9.59 Å². The third-order valence-electron chi connectivity index (χ3n) is 7.24. The van der Waals surface area contributed by atoms with Crippen LogP contribution in [0.25, 0.3) is 11.0 Å². The molecule has 1 aliphatic heterocycles. The van der Waals surface area contributed by atoms with E-state index in [1.165, 1.54) is 5.56 Å². The number of carbonyl (C=O) groups is 2. The molecular weight excluding hydrogens is 478 g/mol. The highest BCUT2D eigenvalue weighted by Crippen LogP contribution is 2.30. The highest BCUT2D eigenvalue weighted by Gasteiger charge is 2.24. The number of imidazole rings is 1. The average molecular weight is 512 g/mol. The fraction of sp³-hybridized carbons (Fsp3) is 0.300. The molecule has 2 heterocycles. The van der Waals surface area contributed by atoms with E-state index < -0.39 is 0 Å². The molecule has 1 aliphatic rings. The van der Waals surface area contributed by atoms with Crippen LogP contribution in [-0.2, 0) is 11.3 Å². The molecule has 38 heavy (non-hydrogen) atoms. The van der Waals surface area contributed by atoms with Gasteiger partial charge < -0.3 is 24.4 Å². The molecule has 1 N–H and O–H groups in total. The number of benzene rings is 3. The highest BCUT2D eigenvalue weighted by molar-refractivity contribution is 6.05. The average Bonchev–Trinajstić information content (AvgIpc) is 3.35. The van der Waals surface area contributed by atoms with Gasteiger partial charge in [0.1, 0.15) is 12.3 Å². The Balaban J connectivity index is 1.16. The summed E-state index contributed by atoms with van der Waals surface area (Å²) < 4.78 is 7.31. The molecule has 196 valence electrons. The quantitative estimate of drug-likeness (QED) is 0.387. The van der Waals surface area contributed by atoms with E-state index in [9.17, 15) is 9.59 Å². The van der Waals surface area contributed by atoms with Crippen molar-refractivity contribution in [3.05, 3.63) is 84.2 Å². The third kappa shape index (κ3) is 5.34. The Morgan fingerprint density at radius 3 is 2.47 bits per heavy atom. The molecule has 1 fully saturated rings. The number of carbonyl (C=O) groups excluding carboxylic acids is 2. The minimum atomic E-state index is -0.166. The Bertz CT molecular complexity index is 1440. The molecule has 0 atom stereocenters. The minimum absolute atomic E-state index is 0.126. The van der Waals surface area contributed by atoms with E-state index in [0.29, 0.717) is 18.0 Å². The third-order valence-corrected chi connectivity index (χ3v) is 7.24. The first-order valence-electron chi connectivity index (χ1n) is 12.9. The van der Waals surface area contributed by atoms with E-state index in [2.05, 4.69) is 22.4 Å². The second-order valence-corrected chi connectivity index (χ2v) is 9.87. The van der Waals surface area contributed by atoms with E-state index >= 15 is 0 Å². The summed E-state index contributed by atoms with van der Waals surface area (Å²) in [6, 6.07) is 21.3. The Morgan fingerprint density at radius 2 is 1.76 bits per heavy atom. The number of rotatable bonds is 7. The number of para-hydroxylation sites is 2. The van der Waals surface area contributed by atoms with E-state index in [-0.39, 0.29) is 11.8 Å². The maximum atomic E-state index is 12.9. The summed E-state index contributed by atoms with van der Waals surface area (Å²) in [5, 5.41) is 2.99. The van der Waals surface area contributed by atoms with Gasteiger partial charge in [-0.05, 0) is 66.8 Å². The summed E-state index contributed by atoms with van der Waals surface area (Å²) in [7, 11) is 5.45. The van der Waals surface area contributed by atoms with E-state index in [1.54, 1.807) is 19.5 Å². The van der Waals surface area contributed by atoms with Crippen LogP contribution in [0.4, 0.5) is 11.4 Å². The number of amides is 2. The lowest BCUT2D eigenvalue weighted by molar-refractivity contribution is -0.132. The molecular formula is C30H33N5O3. The number of hydrogen-bond donors (Lipinski definition) is 1. The van der Waals surface area contributed by atoms with Gasteiger partial charge in [0.05, 0.1) is 30.2 Å². The first-order chi connectivity index (χ1) is 18.4. The van der Waals surface area contributed by atoms with Gasteiger partial charge in [-0.25, -0.2) is 4.98 Å². The standard InChI is InChI=1S/C30H33N5O3/c1-33(2)27-18-23(10-13-28(27)38-3)30(37)32-24-11-8-21(9-12-24)22-14-16-34(17-15-22)29(36)19-35-20-31-25-6-4-5-7-26(25)35/h4-13,18,20,22H,14-17,19H2,1-3H3,(H,32,37). The van der Waals surface area contributed by atoms with Crippen molar-refractivity contribution in [3.8, 4) is 5.75 Å². The predicted molar refractivity (Wildman–Crippen MR) is 150 cm³/mol. The van der Waals surface area contributed by atoms with Gasteiger partial charge in [0.25, 0.3) is 5.91 Å². The summed E-state index contributed by atoms with van der Waals surface area (Å²) in [6.45, 7) is 1.78. The van der Waals surface area contributed by atoms with E-state index in [4.69, 9.17) is 4.74 Å². The molecule has 2 amide bonds. The van der Waals surface area contributed by atoms with Crippen LogP contribution in [0.5, 0.6) is 5.75 Å². The molecule has 1 aromatic heterocycles. The SMILES string of the molecule is COc1ccc(C(=O)Nc2ccc(C3CCN(C(=O)Cn4cnc5ccccc54)CC3)cc2)cc1N(C)C. The van der Waals surface area contributed by atoms with Crippen LogP contribution in [-0.4, -0.2) is 60.6 Å². The smallest absolute Gasteiger partial charge is 0.255 e. The zero-order chi connectivity index (χ0) is 26.6. The van der Waals surface area contributed by atoms with Crippen LogP contribution in [0.3, 0.4) is 0 Å². The van der Waals surface area contributed by atoms with Gasteiger partial charge >= 0.3 is 0 Å². The van der Waals surface area contributed by atoms with Crippen LogP contribution in [0.2, 0.25) is 0 Å². The topological polar surface area (TPSA) is 79.7 Å². The van der Waals surface area contributed by atoms with Gasteiger partial charge in [0, 0.05) is 38.4 Å². The van der Waals surface area contributed by atoms with Crippen molar-refractivity contribution in [1.29, 1.82) is 0 Å². The summed E-state index contributed by atoms with van der Waals surface area (Å²) >= 11 is 0. The largest absolute Gasteiger partial charge is 0.495 e. The van der Waals surface area contributed by atoms with Crippen LogP contribution >= 0.6 is 0 Å². The van der Waals surface area contributed by atoms with Gasteiger partial charge in [-0.1, -0.05) is 24.3 Å². The van der Waals surface area contributed by atoms with Crippen molar-refractivity contribution >= 4 is 34.2 Å². The van der Waals surface area contributed by atoms with Gasteiger partial charge in [0.2, 0.25) is 5.91 Å². The molecule has 0 unspecified atom stereocenters. The first kappa shape index (κ1) is 25.3. The molecule has 0 radical (unpaired) electrons. The molecule has 1 saturated heterocycles. The van der Waals surface area contributed by atoms with Crippen molar-refractivity contribution in [2.24, 2.45) is 0 Å². The zero-order valence-electron chi connectivity index (χ0n) is 22.1. The molecule has 8 nitrogen and oxygen atoms in total. The number of nitrogens with one attached hydrogen (secondary N) is 1. The number of hydrogen-bond acceptors (Lipinski definition) is 5. The molecule has 5 rings (SSSR count). The fourth-order valence-corrected chi connectivity index (χ4v) is 5.07. The summed E-state index contributed by atoms with van der Waals surface area (Å²) in [5.74, 6) is 1.07. The Hall–Kier alpha value is -4.33. The second kappa shape index (κ2) is 11.0. The number of aromatic nitrogens is 2. The normalized spacial score (nSPS) is 13.9. The van der Waals surface area contributed by atoms with E-state index in [1.807, 2.05) is 77.0 Å². The zero-order valence-corrected chi connectivity index (χ0v) is 22.1. The lowest BCUT2D eigenvalue weighted by Crippen LogP contribution is -2.39. The van der Waals surface area contributed by atoms with Crippen molar-refractivity contribution in [2.45, 2.75) is 25.3 Å². The monoisotopic (exact) mass is 511 g/mol. The van der Waals surface area contributed by atoms with Crippen molar-refractivity contribution in [2.75, 3.05) is 44.5 Å². The number of likely N-dealkylation sites (tertiary alicyclic amines) is 1. The molecule has 0 saturated carbocycles. The van der Waals surface area contributed by atoms with Crippen molar-refractivity contribution in [1.82, 2.24) is 14.5 Å². The Kier molecular flexibility index (Phi) is 7.31. The summed E-state index contributed by atoms with van der Waals surface area (Å²) in [6.07, 6.45) is 3.58. The Labute approximate surface area is 222 Å². The number of anilines is 2. The molecule has 8 heteroatoms.